The first-order valence-corrected chi connectivity index (χ1v) is 14.5. The van der Waals surface area contributed by atoms with Gasteiger partial charge in [-0.25, -0.2) is 9.07 Å². The molecule has 218 valence electrons. The van der Waals surface area contributed by atoms with Crippen LogP contribution in [0.2, 0.25) is 5.02 Å². The Kier molecular flexibility index (Phi) is 7.86. The Bertz CT molecular complexity index is 1800. The highest BCUT2D eigenvalue weighted by molar-refractivity contribution is 6.30. The van der Waals surface area contributed by atoms with Crippen LogP contribution in [0.15, 0.2) is 71.1 Å². The Balaban J connectivity index is 1.35. The highest BCUT2D eigenvalue weighted by Gasteiger charge is 2.25. The molecule has 43 heavy (non-hydrogen) atoms. The minimum atomic E-state index is -0.614. The van der Waals surface area contributed by atoms with Crippen LogP contribution in [0.5, 0.6) is 0 Å². The third kappa shape index (κ3) is 5.70. The van der Waals surface area contributed by atoms with Crippen LogP contribution in [-0.4, -0.2) is 38.5 Å². The van der Waals surface area contributed by atoms with Gasteiger partial charge < -0.3 is 10.6 Å². The summed E-state index contributed by atoms with van der Waals surface area (Å²) in [6.45, 7) is 3.61. The molecule has 2 amide bonds. The summed E-state index contributed by atoms with van der Waals surface area (Å²) < 4.78 is 16.1. The van der Waals surface area contributed by atoms with Gasteiger partial charge in [0.15, 0.2) is 5.82 Å². The summed E-state index contributed by atoms with van der Waals surface area (Å²) in [4.78, 5) is 31.4. The van der Waals surface area contributed by atoms with Gasteiger partial charge in [-0.2, -0.15) is 15.3 Å². The maximum absolute atomic E-state index is 14.7. The van der Waals surface area contributed by atoms with Gasteiger partial charge in [-0.15, -0.1) is 0 Å². The molecule has 0 fully saturated rings. The lowest BCUT2D eigenvalue weighted by molar-refractivity contribution is -0.119. The van der Waals surface area contributed by atoms with E-state index in [1.807, 2.05) is 37.3 Å². The first-order chi connectivity index (χ1) is 20.8. The molecule has 2 aromatic heterocycles. The zero-order valence-electron chi connectivity index (χ0n) is 23.6. The molecule has 0 saturated heterocycles. The quantitative estimate of drug-likeness (QED) is 0.282. The number of amides is 2. The molecule has 0 aliphatic carbocycles. The summed E-state index contributed by atoms with van der Waals surface area (Å²) in [6, 6.07) is 13.9. The van der Waals surface area contributed by atoms with Crippen LogP contribution >= 0.6 is 11.6 Å². The van der Waals surface area contributed by atoms with Crippen LogP contribution in [0.4, 0.5) is 10.1 Å². The van der Waals surface area contributed by atoms with Crippen LogP contribution in [0.3, 0.4) is 0 Å². The lowest BCUT2D eigenvalue weighted by atomic mass is 9.94. The lowest BCUT2D eigenvalue weighted by Crippen LogP contribution is -2.30. The Morgan fingerprint density at radius 2 is 2.00 bits per heavy atom. The SMILES string of the molecule is Cc1c(C(=O)N[C@H]2CCCC(C)C(=O)Nc3ccc(C4=NN=CC4)cc3-c3ccnc2c3)cnn1-c1cccc(Cl)c1F. The van der Waals surface area contributed by atoms with Crippen LogP contribution in [-0.2, 0) is 4.79 Å². The third-order valence-electron chi connectivity index (χ3n) is 7.90. The first-order valence-electron chi connectivity index (χ1n) is 14.1. The van der Waals surface area contributed by atoms with Crippen LogP contribution in [0, 0.1) is 18.7 Å². The molecule has 11 heteroatoms. The molecule has 2 aliphatic rings. The molecular weight excluding hydrogens is 569 g/mol. The van der Waals surface area contributed by atoms with Gasteiger partial charge >= 0.3 is 0 Å². The van der Waals surface area contributed by atoms with Gasteiger partial charge in [-0.05, 0) is 67.3 Å². The number of anilines is 1. The fourth-order valence-electron chi connectivity index (χ4n) is 5.41. The van der Waals surface area contributed by atoms with Gasteiger partial charge in [0.1, 0.15) is 5.69 Å². The maximum Gasteiger partial charge on any atom is 0.255 e. The van der Waals surface area contributed by atoms with Crippen molar-refractivity contribution >= 4 is 41.0 Å². The van der Waals surface area contributed by atoms with E-state index in [1.54, 1.807) is 31.5 Å². The number of carbonyl (C=O) groups excluding carboxylic acids is 2. The smallest absolute Gasteiger partial charge is 0.255 e. The van der Waals surface area contributed by atoms with Crippen molar-refractivity contribution in [2.45, 2.75) is 45.6 Å². The molecule has 1 unspecified atom stereocenters. The number of benzene rings is 2. The molecular formula is C32H29ClFN7O2. The topological polar surface area (TPSA) is 114 Å². The predicted octanol–water partition coefficient (Wildman–Crippen LogP) is 6.44. The Morgan fingerprint density at radius 3 is 2.81 bits per heavy atom. The average molecular weight is 598 g/mol. The Morgan fingerprint density at radius 1 is 1.14 bits per heavy atom. The number of aromatic nitrogens is 3. The van der Waals surface area contributed by atoms with Crippen molar-refractivity contribution in [3.05, 3.63) is 94.3 Å². The summed E-state index contributed by atoms with van der Waals surface area (Å²) in [7, 11) is 0. The summed E-state index contributed by atoms with van der Waals surface area (Å²) in [6.07, 6.45) is 7.40. The van der Waals surface area contributed by atoms with Crippen LogP contribution in [0.25, 0.3) is 16.8 Å². The highest BCUT2D eigenvalue weighted by atomic mass is 35.5. The number of halogens is 2. The highest BCUT2D eigenvalue weighted by Crippen LogP contribution is 2.33. The predicted molar refractivity (Wildman–Crippen MR) is 164 cm³/mol. The zero-order chi connectivity index (χ0) is 30.1. The molecule has 0 spiro atoms. The van der Waals surface area contributed by atoms with Gasteiger partial charge in [0.2, 0.25) is 5.91 Å². The molecule has 6 rings (SSSR count). The average Bonchev–Trinajstić information content (AvgIpc) is 3.68. The number of pyridine rings is 1. The molecule has 0 radical (unpaired) electrons. The Labute approximate surface area is 252 Å². The number of nitrogens with one attached hydrogen (secondary N) is 2. The lowest BCUT2D eigenvalue weighted by Gasteiger charge is -2.22. The van der Waals surface area contributed by atoms with Crippen molar-refractivity contribution in [2.24, 2.45) is 16.1 Å². The summed E-state index contributed by atoms with van der Waals surface area (Å²) in [5.41, 5.74) is 5.74. The molecule has 2 atom stereocenters. The molecule has 9 nitrogen and oxygen atoms in total. The van der Waals surface area contributed by atoms with Crippen molar-refractivity contribution in [3.8, 4) is 16.8 Å². The van der Waals surface area contributed by atoms with Crippen molar-refractivity contribution in [2.75, 3.05) is 5.32 Å². The van der Waals surface area contributed by atoms with E-state index in [0.717, 1.165) is 22.4 Å². The molecule has 4 heterocycles. The van der Waals surface area contributed by atoms with E-state index in [9.17, 15) is 14.0 Å². The minimum Gasteiger partial charge on any atom is -0.344 e. The van der Waals surface area contributed by atoms with E-state index in [-0.39, 0.29) is 28.4 Å². The van der Waals surface area contributed by atoms with Gasteiger partial charge in [0.05, 0.1) is 39.9 Å². The van der Waals surface area contributed by atoms with E-state index in [4.69, 9.17) is 11.6 Å². The molecule has 0 saturated carbocycles. The maximum atomic E-state index is 14.7. The number of rotatable bonds is 4. The van der Waals surface area contributed by atoms with E-state index < -0.39 is 11.9 Å². The fraction of sp³-hybridized carbons (Fsp3) is 0.250. The number of fused-ring (bicyclic) bond motifs is 4. The number of hydrogen-bond acceptors (Lipinski definition) is 6. The third-order valence-corrected chi connectivity index (χ3v) is 8.19. The van der Waals surface area contributed by atoms with E-state index >= 15 is 0 Å². The van der Waals surface area contributed by atoms with Crippen LogP contribution < -0.4 is 10.6 Å². The second kappa shape index (κ2) is 11.9. The van der Waals surface area contributed by atoms with E-state index in [0.29, 0.717) is 48.3 Å². The fourth-order valence-corrected chi connectivity index (χ4v) is 5.58. The van der Waals surface area contributed by atoms with Crippen molar-refractivity contribution < 1.29 is 14.0 Å². The molecule has 2 bridgehead atoms. The Hall–Kier alpha value is -4.70. The monoisotopic (exact) mass is 597 g/mol. The van der Waals surface area contributed by atoms with Gasteiger partial charge in [0.25, 0.3) is 5.91 Å². The molecule has 2 aliphatic heterocycles. The summed E-state index contributed by atoms with van der Waals surface area (Å²) >= 11 is 5.98. The zero-order valence-corrected chi connectivity index (χ0v) is 24.4. The largest absolute Gasteiger partial charge is 0.344 e. The summed E-state index contributed by atoms with van der Waals surface area (Å²) in [5, 5.41) is 18.7. The molecule has 4 aromatic rings. The van der Waals surface area contributed by atoms with Gasteiger partial charge in [0, 0.05) is 36.0 Å². The number of hydrogen-bond donors (Lipinski definition) is 2. The second-order valence-corrected chi connectivity index (χ2v) is 11.2. The number of nitrogens with zero attached hydrogens (tertiary/aromatic N) is 5. The molecule has 2 aromatic carbocycles. The number of carbonyl (C=O) groups is 2. The standard InChI is InChI=1S/C32H29ClFN7O2/c1-18-5-3-7-27(39-32(43)23-17-37-41(19(23)2)29-8-4-6-24(33)30(29)34)28-16-20(11-13-35-28)22-15-21(25-12-14-36-40-25)9-10-26(22)38-31(18)42/h4,6,8-11,13-18,27H,3,5,7,12H2,1-2H3,(H,38,42)(H,39,43)/t18?,27-/m0/s1. The van der Waals surface area contributed by atoms with Gasteiger partial charge in [-0.3, -0.25) is 14.6 Å². The second-order valence-electron chi connectivity index (χ2n) is 10.8. The van der Waals surface area contributed by atoms with Crippen LogP contribution in [0.1, 0.15) is 66.0 Å². The summed E-state index contributed by atoms with van der Waals surface area (Å²) in [5.74, 6) is -1.28. The first kappa shape index (κ1) is 28.4. The van der Waals surface area contributed by atoms with Crippen molar-refractivity contribution in [1.29, 1.82) is 0 Å². The van der Waals surface area contributed by atoms with Gasteiger partial charge in [-0.1, -0.05) is 37.1 Å². The van der Waals surface area contributed by atoms with E-state index in [2.05, 4.69) is 30.9 Å². The minimum absolute atomic E-state index is 0.0289. The molecule has 2 N–H and O–H groups in total. The normalized spacial score (nSPS) is 18.2. The van der Waals surface area contributed by atoms with E-state index in [1.165, 1.54) is 16.9 Å². The van der Waals surface area contributed by atoms with Crippen molar-refractivity contribution in [3.63, 3.8) is 0 Å². The van der Waals surface area contributed by atoms with Crippen molar-refractivity contribution in [1.82, 2.24) is 20.1 Å².